The van der Waals surface area contributed by atoms with Crippen molar-refractivity contribution in [2.75, 3.05) is 26.2 Å². The molecule has 0 radical (unpaired) electrons. The molecule has 0 bridgehead atoms. The highest BCUT2D eigenvalue weighted by atomic mass is 19.4. The van der Waals surface area contributed by atoms with Gasteiger partial charge in [0.2, 0.25) is 0 Å². The number of likely N-dealkylation sites (tertiary alicyclic amines) is 1. The van der Waals surface area contributed by atoms with Gasteiger partial charge < -0.3 is 10.1 Å². The van der Waals surface area contributed by atoms with E-state index in [-0.39, 0.29) is 24.3 Å². The summed E-state index contributed by atoms with van der Waals surface area (Å²) >= 11 is 0. The van der Waals surface area contributed by atoms with Crippen LogP contribution in [0.3, 0.4) is 0 Å². The normalized spacial score (nSPS) is 25.2. The minimum Gasteiger partial charge on any atom is -0.372 e. The minimum atomic E-state index is -4.90. The van der Waals surface area contributed by atoms with Crippen molar-refractivity contribution in [1.29, 1.82) is 0 Å². The third-order valence-electron chi connectivity index (χ3n) is 6.79. The van der Waals surface area contributed by atoms with Crippen LogP contribution in [-0.2, 0) is 17.1 Å². The minimum absolute atomic E-state index is 0.0646. The summed E-state index contributed by atoms with van der Waals surface area (Å²) in [6, 6.07) is 1.84. The van der Waals surface area contributed by atoms with Gasteiger partial charge in [0.1, 0.15) is 0 Å². The summed E-state index contributed by atoms with van der Waals surface area (Å²) in [5.74, 6) is 0. The Balaban J connectivity index is 1.83. The molecule has 3 atom stereocenters. The van der Waals surface area contributed by atoms with E-state index >= 15 is 0 Å². The fourth-order valence-electron chi connectivity index (χ4n) is 4.69. The summed E-state index contributed by atoms with van der Waals surface area (Å²) < 4.78 is 85.7. The highest BCUT2D eigenvalue weighted by molar-refractivity contribution is 5.36. The molecule has 35 heavy (non-hydrogen) atoms. The largest absolute Gasteiger partial charge is 0.416 e. The SMILES string of the molecule is C=C(/C=C\C=C/C)[C@]1(CO[C@H](C)c2cc(C(F)(F)F)cc(C(F)(F)F)c2)C[C@H](N2CCCC2)CN1. The molecule has 2 heterocycles. The molecule has 194 valence electrons. The highest BCUT2D eigenvalue weighted by Gasteiger charge is 2.43. The Labute approximate surface area is 202 Å². The number of hydrogen-bond acceptors (Lipinski definition) is 3. The maximum atomic E-state index is 13.3. The van der Waals surface area contributed by atoms with Crippen molar-refractivity contribution in [3.05, 3.63) is 71.3 Å². The monoisotopic (exact) mass is 502 g/mol. The van der Waals surface area contributed by atoms with E-state index in [1.807, 2.05) is 31.2 Å². The number of allylic oxidation sites excluding steroid dienone is 3. The molecule has 3 nitrogen and oxygen atoms in total. The van der Waals surface area contributed by atoms with Gasteiger partial charge in [-0.3, -0.25) is 4.90 Å². The predicted molar refractivity (Wildman–Crippen MR) is 124 cm³/mol. The molecule has 2 aliphatic heterocycles. The van der Waals surface area contributed by atoms with Crippen molar-refractivity contribution in [2.45, 2.75) is 63.1 Å². The quantitative estimate of drug-likeness (QED) is 0.317. The zero-order chi connectivity index (χ0) is 25.9. The number of rotatable bonds is 8. The Hall–Kier alpha value is -2.10. The number of ether oxygens (including phenoxy) is 1. The lowest BCUT2D eigenvalue weighted by Crippen LogP contribution is -2.45. The Morgan fingerprint density at radius 1 is 1.11 bits per heavy atom. The van der Waals surface area contributed by atoms with E-state index in [9.17, 15) is 26.3 Å². The molecule has 0 aliphatic carbocycles. The molecule has 0 aromatic heterocycles. The van der Waals surface area contributed by atoms with Gasteiger partial charge in [-0.25, -0.2) is 0 Å². The molecule has 1 N–H and O–H groups in total. The summed E-state index contributed by atoms with van der Waals surface area (Å²) in [6.07, 6.45) is -0.401. The first-order valence-corrected chi connectivity index (χ1v) is 11.7. The Kier molecular flexibility index (Phi) is 8.55. The highest BCUT2D eigenvalue weighted by Crippen LogP contribution is 2.39. The lowest BCUT2D eigenvalue weighted by Gasteiger charge is -2.33. The summed E-state index contributed by atoms with van der Waals surface area (Å²) in [5, 5.41) is 3.50. The molecule has 1 aromatic carbocycles. The smallest absolute Gasteiger partial charge is 0.372 e. The average molecular weight is 503 g/mol. The van der Waals surface area contributed by atoms with E-state index in [1.54, 1.807) is 0 Å². The molecule has 2 aliphatic rings. The summed E-state index contributed by atoms with van der Waals surface area (Å²) in [6.45, 7) is 10.3. The van der Waals surface area contributed by atoms with Gasteiger partial charge in [0.05, 0.1) is 29.4 Å². The van der Waals surface area contributed by atoms with E-state index in [0.717, 1.165) is 43.6 Å². The molecule has 2 fully saturated rings. The molecule has 2 saturated heterocycles. The molecule has 0 saturated carbocycles. The second kappa shape index (κ2) is 10.9. The first-order chi connectivity index (χ1) is 16.4. The standard InChI is InChI=1S/C26H32F6N2O/c1-4-5-6-9-18(2)24(15-23(16-33-24)34-10-7-8-11-34)17-35-19(3)20-12-21(25(27,28)29)14-22(13-20)26(30,31)32/h4-6,9,12-14,19,23,33H,2,7-8,10-11,15-17H2,1,3H3/b5-4-,9-6-/t19-,23+,24-/m1/s1. The van der Waals surface area contributed by atoms with Gasteiger partial charge in [-0.05, 0) is 75.5 Å². The summed E-state index contributed by atoms with van der Waals surface area (Å²) in [4.78, 5) is 2.41. The van der Waals surface area contributed by atoms with Crippen LogP contribution in [-0.4, -0.2) is 42.7 Å². The van der Waals surface area contributed by atoms with Crippen LogP contribution in [0.4, 0.5) is 26.3 Å². The van der Waals surface area contributed by atoms with Gasteiger partial charge in [-0.15, -0.1) is 0 Å². The fraction of sp³-hybridized carbons (Fsp3) is 0.538. The maximum absolute atomic E-state index is 13.3. The Morgan fingerprint density at radius 2 is 1.71 bits per heavy atom. The average Bonchev–Trinajstić information content (AvgIpc) is 3.47. The zero-order valence-corrected chi connectivity index (χ0v) is 20.0. The zero-order valence-electron chi connectivity index (χ0n) is 20.0. The van der Waals surface area contributed by atoms with E-state index in [1.165, 1.54) is 6.92 Å². The molecular formula is C26H32F6N2O. The number of benzene rings is 1. The van der Waals surface area contributed by atoms with Crippen LogP contribution < -0.4 is 5.32 Å². The van der Waals surface area contributed by atoms with Crippen LogP contribution in [0, 0.1) is 0 Å². The number of hydrogen-bond donors (Lipinski definition) is 1. The summed E-state index contributed by atoms with van der Waals surface area (Å²) in [7, 11) is 0. The third-order valence-corrected chi connectivity index (χ3v) is 6.79. The lowest BCUT2D eigenvalue weighted by atomic mass is 9.87. The molecule has 0 amide bonds. The van der Waals surface area contributed by atoms with E-state index in [4.69, 9.17) is 4.74 Å². The Bertz CT molecular complexity index is 914. The van der Waals surface area contributed by atoms with Crippen LogP contribution in [0.15, 0.2) is 54.7 Å². The van der Waals surface area contributed by atoms with Crippen molar-refractivity contribution < 1.29 is 31.1 Å². The van der Waals surface area contributed by atoms with Crippen molar-refractivity contribution in [1.82, 2.24) is 10.2 Å². The molecule has 9 heteroatoms. The number of halogens is 6. The fourth-order valence-corrected chi connectivity index (χ4v) is 4.69. The first-order valence-electron chi connectivity index (χ1n) is 11.7. The molecule has 3 rings (SSSR count). The number of nitrogens with one attached hydrogen (secondary N) is 1. The molecule has 0 unspecified atom stereocenters. The van der Waals surface area contributed by atoms with Crippen molar-refractivity contribution in [2.24, 2.45) is 0 Å². The van der Waals surface area contributed by atoms with Gasteiger partial charge in [-0.1, -0.05) is 30.9 Å². The lowest BCUT2D eigenvalue weighted by molar-refractivity contribution is -0.143. The van der Waals surface area contributed by atoms with Gasteiger partial charge in [0.15, 0.2) is 0 Å². The molecular weight excluding hydrogens is 470 g/mol. The molecule has 1 aromatic rings. The van der Waals surface area contributed by atoms with Crippen LogP contribution in [0.1, 0.15) is 55.9 Å². The second-order valence-corrected chi connectivity index (χ2v) is 9.27. The third kappa shape index (κ3) is 6.77. The van der Waals surface area contributed by atoms with Crippen LogP contribution >= 0.6 is 0 Å². The van der Waals surface area contributed by atoms with Gasteiger partial charge in [-0.2, -0.15) is 26.3 Å². The van der Waals surface area contributed by atoms with Gasteiger partial charge >= 0.3 is 12.4 Å². The van der Waals surface area contributed by atoms with Crippen molar-refractivity contribution in [3.8, 4) is 0 Å². The second-order valence-electron chi connectivity index (χ2n) is 9.27. The number of nitrogens with zero attached hydrogens (tertiary/aromatic N) is 1. The first kappa shape index (κ1) is 27.5. The maximum Gasteiger partial charge on any atom is 0.416 e. The molecule has 0 spiro atoms. The van der Waals surface area contributed by atoms with Crippen LogP contribution in [0.2, 0.25) is 0 Å². The van der Waals surface area contributed by atoms with E-state index in [2.05, 4.69) is 16.8 Å². The van der Waals surface area contributed by atoms with Crippen LogP contribution in [0.5, 0.6) is 0 Å². The Morgan fingerprint density at radius 3 is 2.26 bits per heavy atom. The summed E-state index contributed by atoms with van der Waals surface area (Å²) in [5.41, 5.74) is -2.79. The number of alkyl halides is 6. The van der Waals surface area contributed by atoms with Crippen LogP contribution in [0.25, 0.3) is 0 Å². The van der Waals surface area contributed by atoms with Crippen molar-refractivity contribution in [3.63, 3.8) is 0 Å². The van der Waals surface area contributed by atoms with Gasteiger partial charge in [0, 0.05) is 12.6 Å². The predicted octanol–water partition coefficient (Wildman–Crippen LogP) is 6.69. The topological polar surface area (TPSA) is 24.5 Å². The van der Waals surface area contributed by atoms with E-state index in [0.29, 0.717) is 13.0 Å². The van der Waals surface area contributed by atoms with Gasteiger partial charge in [0.25, 0.3) is 0 Å². The van der Waals surface area contributed by atoms with E-state index < -0.39 is 35.1 Å². The van der Waals surface area contributed by atoms with Crippen molar-refractivity contribution >= 4 is 0 Å².